The summed E-state index contributed by atoms with van der Waals surface area (Å²) in [6, 6.07) is 23.1. The van der Waals surface area contributed by atoms with E-state index in [-0.39, 0.29) is 104 Å². The number of aldehydes is 1. The molecule has 3 aromatic carbocycles. The van der Waals surface area contributed by atoms with Crippen molar-refractivity contribution in [3.63, 3.8) is 0 Å². The van der Waals surface area contributed by atoms with Gasteiger partial charge in [0.25, 0.3) is 5.91 Å². The third kappa shape index (κ3) is 25.9. The Morgan fingerprint density at radius 2 is 1.47 bits per heavy atom. The first-order valence-electron chi connectivity index (χ1n) is 28.6. The van der Waals surface area contributed by atoms with Gasteiger partial charge in [0.15, 0.2) is 6.29 Å². The van der Waals surface area contributed by atoms with E-state index in [1.165, 1.54) is 6.07 Å². The third-order valence-corrected chi connectivity index (χ3v) is 14.4. The number of ether oxygens (including phenoxy) is 4. The number of piperazine rings is 1. The minimum Gasteiger partial charge on any atom is -0.678 e. The van der Waals surface area contributed by atoms with Crippen LogP contribution in [-0.2, 0) is 28.6 Å². The zero-order valence-corrected chi connectivity index (χ0v) is 52.7. The number of unbranched alkanes of at least 4 members (excludes halogenated alkanes) is 3. The second-order valence-corrected chi connectivity index (χ2v) is 20.3. The number of amides is 4. The van der Waals surface area contributed by atoms with Crippen LogP contribution in [0.15, 0.2) is 85.2 Å². The van der Waals surface area contributed by atoms with Crippen LogP contribution >= 0.6 is 0 Å². The summed E-state index contributed by atoms with van der Waals surface area (Å²) >= 11 is 0. The van der Waals surface area contributed by atoms with Gasteiger partial charge in [0.1, 0.15) is 11.6 Å². The number of carbonyl (C=O) groups excluding carboxylic acids is 5. The molecule has 2 unspecified atom stereocenters. The summed E-state index contributed by atoms with van der Waals surface area (Å²) < 4.78 is 38.3. The fourth-order valence-corrected chi connectivity index (χ4v) is 9.56. The molecule has 2 aliphatic heterocycles. The molecule has 1 aromatic heterocycles. The number of carbonyl (C=O) groups is 5. The topological polar surface area (TPSA) is 257 Å². The number of hydrogen-bond donors (Lipinski definition) is 6. The Hall–Kier alpha value is -5.24. The standard InChI is InChI=1S/C58H83FN9O7.C2H3NO2.CH3N.K/c1-5-12-44(2)66(4)57(71)52-41-54(53(59)39-48(52)42-69)67-28-30-68(31-29-67)55(70)15-11-33-73-36-38-74-37-35-72-32-8-6-7-9-34-75-51-18-16-46(17-19-51)45(3)64-49-13-10-14-50(40-49)65-58(22-26-62-27-23-58)43-63-56(60)47-20-24-61-25-21-47;4-1-3-2-5;1-2;/h10,13-14,16-21,24-25,39-42,44-45,56,62-63,65H,5-9,11-12,15,22-23,26-38,43,60H2,1-4H3;1-2H,(H,3,4,5);2H,1H2;/q-1;;;+1/t44?,45-,56?;;;/m1.../s1. The second kappa shape index (κ2) is 41.7. The number of nitrogens with one attached hydrogen (secondary N) is 5. The Morgan fingerprint density at radius 1 is 0.843 bits per heavy atom. The third-order valence-electron chi connectivity index (χ3n) is 14.4. The van der Waals surface area contributed by atoms with Crippen LogP contribution in [0, 0.1) is 11.2 Å². The van der Waals surface area contributed by atoms with Crippen LogP contribution in [0.1, 0.15) is 129 Å². The molecule has 4 aromatic rings. The minimum atomic E-state index is -0.558. The Morgan fingerprint density at radius 3 is 2.08 bits per heavy atom. The maximum atomic E-state index is 15.2. The van der Waals surface area contributed by atoms with E-state index in [2.05, 4.69) is 71.0 Å². The normalized spacial score (nSPS) is 14.6. The summed E-state index contributed by atoms with van der Waals surface area (Å²) in [5.41, 5.74) is 11.0. The summed E-state index contributed by atoms with van der Waals surface area (Å²) in [5, 5.41) is 23.2. The molecule has 0 spiro atoms. The number of nitrogens with zero attached hydrogens (tertiary/aromatic N) is 5. The van der Waals surface area contributed by atoms with Gasteiger partial charge in [-0.05, 0) is 120 Å². The number of rotatable bonds is 35. The average Bonchev–Trinajstić information content (AvgIpc) is 3.63. The van der Waals surface area contributed by atoms with Crippen LogP contribution in [0.4, 0.5) is 21.5 Å². The molecule has 0 radical (unpaired) electrons. The number of nitrogens with two attached hydrogens (primary N) is 1. The van der Waals surface area contributed by atoms with Gasteiger partial charge in [-0.1, -0.05) is 68.6 Å². The van der Waals surface area contributed by atoms with Crippen molar-refractivity contribution in [1.82, 2.24) is 30.7 Å². The summed E-state index contributed by atoms with van der Waals surface area (Å²) in [7, 11) is 1.71. The van der Waals surface area contributed by atoms with E-state index in [9.17, 15) is 14.4 Å². The minimum absolute atomic E-state index is 0. The van der Waals surface area contributed by atoms with Gasteiger partial charge >= 0.3 is 51.4 Å². The van der Waals surface area contributed by atoms with Crippen LogP contribution in [0.2, 0.25) is 0 Å². The van der Waals surface area contributed by atoms with Gasteiger partial charge in [-0.3, -0.25) is 34.3 Å². The first-order valence-corrected chi connectivity index (χ1v) is 28.6. The molecular weight excluding hydrogens is 1090 g/mol. The van der Waals surface area contributed by atoms with Crippen molar-refractivity contribution in [3.8, 4) is 5.75 Å². The first-order chi connectivity index (χ1) is 39.9. The number of halogens is 1. The summed E-state index contributed by atoms with van der Waals surface area (Å²) in [4.78, 5) is 65.4. The maximum absolute atomic E-state index is 15.2. The first kappa shape index (κ1) is 72.0. The molecule has 6 rings (SSSR count). The monoisotopic (exact) mass is 1180 g/mol. The number of imide groups is 1. The van der Waals surface area contributed by atoms with Crippen molar-refractivity contribution < 1.29 is 98.7 Å². The molecular formula is C61H89FKN11O9. The Labute approximate surface area is 533 Å². The van der Waals surface area contributed by atoms with E-state index in [0.29, 0.717) is 104 Å². The van der Waals surface area contributed by atoms with Gasteiger partial charge in [-0.2, -0.15) is 0 Å². The molecule has 3 heterocycles. The fourth-order valence-electron chi connectivity index (χ4n) is 9.56. The van der Waals surface area contributed by atoms with Crippen molar-refractivity contribution in [2.45, 2.75) is 109 Å². The van der Waals surface area contributed by atoms with Gasteiger partial charge in [0, 0.05) is 89.1 Å². The van der Waals surface area contributed by atoms with Crippen molar-refractivity contribution in [2.24, 2.45) is 5.73 Å². The predicted octanol–water partition coefficient (Wildman–Crippen LogP) is 5.12. The van der Waals surface area contributed by atoms with Crippen LogP contribution in [0.25, 0.3) is 5.32 Å². The van der Waals surface area contributed by atoms with E-state index < -0.39 is 5.82 Å². The van der Waals surface area contributed by atoms with E-state index in [4.69, 9.17) is 45.0 Å². The molecule has 22 heteroatoms. The molecule has 20 nitrogen and oxygen atoms in total. The van der Waals surface area contributed by atoms with Crippen molar-refractivity contribution in [1.29, 1.82) is 5.41 Å². The Bertz CT molecular complexity index is 2470. The quantitative estimate of drug-likeness (QED) is 0.0115. The number of pyridine rings is 1. The zero-order valence-electron chi connectivity index (χ0n) is 49.6. The van der Waals surface area contributed by atoms with Gasteiger partial charge in [0.05, 0.1) is 56.0 Å². The van der Waals surface area contributed by atoms with Gasteiger partial charge in [-0.25, -0.2) is 4.39 Å². The van der Waals surface area contributed by atoms with Gasteiger partial charge < -0.3 is 66.1 Å². The zero-order chi connectivity index (χ0) is 59.4. The van der Waals surface area contributed by atoms with E-state index >= 15 is 4.39 Å². The van der Waals surface area contributed by atoms with Crippen LogP contribution < -0.4 is 88.0 Å². The largest absolute Gasteiger partial charge is 1.00 e. The molecule has 0 saturated carbocycles. The van der Waals surface area contributed by atoms with Crippen LogP contribution in [0.3, 0.4) is 0 Å². The number of aromatic nitrogens is 1. The van der Waals surface area contributed by atoms with Gasteiger partial charge in [0.2, 0.25) is 18.7 Å². The van der Waals surface area contributed by atoms with E-state index in [1.54, 1.807) is 34.6 Å². The smallest absolute Gasteiger partial charge is 0.678 e. The Kier molecular flexibility index (Phi) is 36.2. The maximum Gasteiger partial charge on any atom is 1.00 e. The Balaban J connectivity index is 0.00000214. The molecule has 0 bridgehead atoms. The molecule has 7 N–H and O–H groups in total. The molecule has 2 fully saturated rings. The van der Waals surface area contributed by atoms with Crippen LogP contribution in [0.5, 0.6) is 5.75 Å². The average molecular weight is 1180 g/mol. The molecule has 2 aliphatic rings. The number of hydrogen-bond acceptors (Lipinski definition) is 16. The number of anilines is 2. The fraction of sp³-hybridized carbons (Fsp3) is 0.525. The molecule has 4 amide bonds. The summed E-state index contributed by atoms with van der Waals surface area (Å²) in [5.74, 6) is 0.0220. The SMILES string of the molecule is C=N.CCCC(C)N(C)C(=O)c1cc(N2CCN(C(=O)CCCOCCOCCOCCCCCCOc3ccc([C@@H](C)[N-]c4cccc(NC5(CNC(N)c6ccncc6)CCNCC5)c4)cc3)CC2)c(F)cc1C=O.O=CNC=O.[K+]. The van der Waals surface area contributed by atoms with Crippen molar-refractivity contribution >= 4 is 54.7 Å². The molecule has 0 aliphatic carbocycles. The van der Waals surface area contributed by atoms with Crippen LogP contribution in [-0.4, -0.2) is 163 Å². The summed E-state index contributed by atoms with van der Waals surface area (Å²) in [6.07, 6.45) is 13.2. The molecule has 83 heavy (non-hydrogen) atoms. The van der Waals surface area contributed by atoms with E-state index in [1.807, 2.05) is 43.0 Å². The van der Waals surface area contributed by atoms with Crippen molar-refractivity contribution in [2.75, 3.05) is 109 Å². The summed E-state index contributed by atoms with van der Waals surface area (Å²) in [6.45, 7) is 16.7. The van der Waals surface area contributed by atoms with Crippen molar-refractivity contribution in [3.05, 3.63) is 119 Å². The molecule has 2 saturated heterocycles. The molecule has 450 valence electrons. The molecule has 3 atom stereocenters. The van der Waals surface area contributed by atoms with E-state index in [0.717, 1.165) is 105 Å². The second-order valence-electron chi connectivity index (χ2n) is 20.3. The number of piperidine rings is 1. The predicted molar refractivity (Wildman–Crippen MR) is 320 cm³/mol. The van der Waals surface area contributed by atoms with Gasteiger partial charge in [-0.15, -0.1) is 5.69 Å². The number of benzene rings is 3.